The van der Waals surface area contributed by atoms with E-state index in [0.717, 1.165) is 21.4 Å². The normalized spacial score (nSPS) is 11.3. The van der Waals surface area contributed by atoms with E-state index >= 15 is 0 Å². The summed E-state index contributed by atoms with van der Waals surface area (Å²) in [6.07, 6.45) is 0. The number of fused-ring (bicyclic) bond motifs is 1. The van der Waals surface area contributed by atoms with Crippen molar-refractivity contribution in [2.24, 2.45) is 0 Å². The number of benzene rings is 1. The Morgan fingerprint density at radius 1 is 1.38 bits per heavy atom. The summed E-state index contributed by atoms with van der Waals surface area (Å²) >= 11 is 3.45. The van der Waals surface area contributed by atoms with Crippen molar-refractivity contribution in [3.63, 3.8) is 0 Å². The maximum absolute atomic E-state index is 11.9. The lowest BCUT2D eigenvalue weighted by Gasteiger charge is -2.07. The molecular weight excluding hydrogens is 268 g/mol. The summed E-state index contributed by atoms with van der Waals surface area (Å²) in [5.41, 5.74) is 1.71. The standard InChI is InChI=1S/C12H13BrN2O/c1-6(2)11-14-10-8(12(16)15-11)4-7(3)5-9(10)13/h4-6H,1-3H3,(H,14,15,16). The molecule has 1 heterocycles. The molecule has 0 aliphatic heterocycles. The number of hydrogen-bond acceptors (Lipinski definition) is 2. The van der Waals surface area contributed by atoms with Crippen molar-refractivity contribution in [3.8, 4) is 0 Å². The van der Waals surface area contributed by atoms with Gasteiger partial charge in [-0.25, -0.2) is 4.98 Å². The van der Waals surface area contributed by atoms with Gasteiger partial charge in [0.15, 0.2) is 0 Å². The lowest BCUT2D eigenvalue weighted by molar-refractivity contribution is 0.776. The lowest BCUT2D eigenvalue weighted by Crippen LogP contribution is -2.13. The van der Waals surface area contributed by atoms with E-state index in [1.54, 1.807) is 0 Å². The third kappa shape index (κ3) is 1.89. The van der Waals surface area contributed by atoms with Gasteiger partial charge in [-0.3, -0.25) is 4.79 Å². The second-order valence-electron chi connectivity index (χ2n) is 4.25. The van der Waals surface area contributed by atoms with Crippen LogP contribution in [-0.2, 0) is 0 Å². The second-order valence-corrected chi connectivity index (χ2v) is 5.10. The van der Waals surface area contributed by atoms with Crippen LogP contribution in [-0.4, -0.2) is 9.97 Å². The van der Waals surface area contributed by atoms with Gasteiger partial charge in [-0.2, -0.15) is 0 Å². The monoisotopic (exact) mass is 280 g/mol. The molecule has 0 atom stereocenters. The molecule has 2 rings (SSSR count). The summed E-state index contributed by atoms with van der Waals surface area (Å²) in [6.45, 7) is 5.97. The molecule has 0 saturated carbocycles. The van der Waals surface area contributed by atoms with Crippen molar-refractivity contribution >= 4 is 26.8 Å². The third-order valence-electron chi connectivity index (χ3n) is 2.47. The van der Waals surface area contributed by atoms with Crippen LogP contribution in [0.1, 0.15) is 31.2 Å². The van der Waals surface area contributed by atoms with Crippen LogP contribution in [0.5, 0.6) is 0 Å². The Morgan fingerprint density at radius 3 is 2.69 bits per heavy atom. The van der Waals surface area contributed by atoms with E-state index in [-0.39, 0.29) is 11.5 Å². The fraction of sp³-hybridized carbons (Fsp3) is 0.333. The smallest absolute Gasteiger partial charge is 0.258 e. The Bertz CT molecular complexity index is 602. The van der Waals surface area contributed by atoms with Crippen LogP contribution in [0.4, 0.5) is 0 Å². The highest BCUT2D eigenvalue weighted by molar-refractivity contribution is 9.10. The minimum absolute atomic E-state index is 0.0712. The first-order chi connectivity index (χ1) is 7.49. The van der Waals surface area contributed by atoms with E-state index in [1.807, 2.05) is 32.9 Å². The largest absolute Gasteiger partial charge is 0.310 e. The maximum Gasteiger partial charge on any atom is 0.258 e. The highest BCUT2D eigenvalue weighted by Gasteiger charge is 2.09. The first-order valence-electron chi connectivity index (χ1n) is 5.19. The summed E-state index contributed by atoms with van der Waals surface area (Å²) in [6, 6.07) is 3.83. The van der Waals surface area contributed by atoms with Gasteiger partial charge < -0.3 is 4.98 Å². The Morgan fingerprint density at radius 2 is 2.06 bits per heavy atom. The number of rotatable bonds is 1. The first-order valence-corrected chi connectivity index (χ1v) is 5.98. The van der Waals surface area contributed by atoms with Gasteiger partial charge in [0, 0.05) is 10.4 Å². The molecule has 1 aromatic carbocycles. The molecule has 16 heavy (non-hydrogen) atoms. The Labute approximate surface area is 102 Å². The van der Waals surface area contributed by atoms with E-state index < -0.39 is 0 Å². The Hall–Kier alpha value is -1.16. The average Bonchev–Trinajstić information content (AvgIpc) is 2.19. The van der Waals surface area contributed by atoms with E-state index in [4.69, 9.17) is 0 Å². The molecule has 2 aromatic rings. The van der Waals surface area contributed by atoms with Crippen LogP contribution in [0.2, 0.25) is 0 Å². The van der Waals surface area contributed by atoms with E-state index in [9.17, 15) is 4.79 Å². The number of halogens is 1. The number of H-pyrrole nitrogens is 1. The van der Waals surface area contributed by atoms with Gasteiger partial charge in [0.05, 0.1) is 10.9 Å². The molecule has 84 valence electrons. The summed E-state index contributed by atoms with van der Waals surface area (Å²) in [5, 5.41) is 0.635. The number of aromatic amines is 1. The van der Waals surface area contributed by atoms with Gasteiger partial charge in [0.2, 0.25) is 0 Å². The average molecular weight is 281 g/mol. The summed E-state index contributed by atoms with van der Waals surface area (Å²) in [5.74, 6) is 0.937. The minimum Gasteiger partial charge on any atom is -0.310 e. The van der Waals surface area contributed by atoms with Crippen LogP contribution in [0, 0.1) is 6.92 Å². The van der Waals surface area contributed by atoms with Gasteiger partial charge in [-0.05, 0) is 40.5 Å². The predicted molar refractivity (Wildman–Crippen MR) is 68.9 cm³/mol. The van der Waals surface area contributed by atoms with E-state index in [2.05, 4.69) is 25.9 Å². The molecule has 0 amide bonds. The number of nitrogens with zero attached hydrogens (tertiary/aromatic N) is 1. The van der Waals surface area contributed by atoms with Crippen molar-refractivity contribution in [2.75, 3.05) is 0 Å². The molecule has 0 bridgehead atoms. The number of hydrogen-bond donors (Lipinski definition) is 1. The second kappa shape index (κ2) is 4.01. The first kappa shape index (κ1) is 11.3. The van der Waals surface area contributed by atoms with Crippen LogP contribution >= 0.6 is 15.9 Å². The topological polar surface area (TPSA) is 45.8 Å². The molecule has 0 fully saturated rings. The van der Waals surface area contributed by atoms with Crippen molar-refractivity contribution < 1.29 is 0 Å². The molecule has 0 aliphatic rings. The SMILES string of the molecule is Cc1cc(Br)c2nc(C(C)C)[nH]c(=O)c2c1. The van der Waals surface area contributed by atoms with Gasteiger partial charge in [0.1, 0.15) is 5.82 Å². The number of aromatic nitrogens is 2. The zero-order chi connectivity index (χ0) is 11.9. The molecule has 0 saturated heterocycles. The van der Waals surface area contributed by atoms with Crippen LogP contribution in [0.3, 0.4) is 0 Å². The molecule has 1 aromatic heterocycles. The van der Waals surface area contributed by atoms with E-state index in [0.29, 0.717) is 5.39 Å². The fourth-order valence-electron chi connectivity index (χ4n) is 1.63. The Kier molecular flexibility index (Phi) is 2.84. The highest BCUT2D eigenvalue weighted by Crippen LogP contribution is 2.22. The third-order valence-corrected chi connectivity index (χ3v) is 3.08. The van der Waals surface area contributed by atoms with Crippen molar-refractivity contribution in [3.05, 3.63) is 38.3 Å². The fourth-order valence-corrected chi connectivity index (χ4v) is 2.29. The molecular formula is C12H13BrN2O. The van der Waals surface area contributed by atoms with Gasteiger partial charge in [-0.1, -0.05) is 13.8 Å². The maximum atomic E-state index is 11.9. The minimum atomic E-state index is -0.0712. The predicted octanol–water partition coefficient (Wildman–Crippen LogP) is 3.12. The van der Waals surface area contributed by atoms with Crippen LogP contribution in [0.15, 0.2) is 21.4 Å². The molecule has 3 nitrogen and oxygen atoms in total. The van der Waals surface area contributed by atoms with Gasteiger partial charge >= 0.3 is 0 Å². The van der Waals surface area contributed by atoms with Crippen molar-refractivity contribution in [2.45, 2.75) is 26.7 Å². The van der Waals surface area contributed by atoms with Crippen molar-refractivity contribution in [1.82, 2.24) is 9.97 Å². The molecule has 0 spiro atoms. The van der Waals surface area contributed by atoms with Gasteiger partial charge in [0.25, 0.3) is 5.56 Å². The van der Waals surface area contributed by atoms with E-state index in [1.165, 1.54) is 0 Å². The molecule has 1 N–H and O–H groups in total. The number of nitrogens with one attached hydrogen (secondary N) is 1. The zero-order valence-electron chi connectivity index (χ0n) is 9.47. The summed E-state index contributed by atoms with van der Waals surface area (Å²) in [4.78, 5) is 19.2. The summed E-state index contributed by atoms with van der Waals surface area (Å²) < 4.78 is 0.871. The molecule has 0 radical (unpaired) electrons. The molecule has 0 unspecified atom stereocenters. The van der Waals surface area contributed by atoms with Crippen LogP contribution in [0.25, 0.3) is 10.9 Å². The zero-order valence-corrected chi connectivity index (χ0v) is 11.1. The molecule has 0 aliphatic carbocycles. The van der Waals surface area contributed by atoms with Gasteiger partial charge in [-0.15, -0.1) is 0 Å². The van der Waals surface area contributed by atoms with Crippen molar-refractivity contribution in [1.29, 1.82) is 0 Å². The van der Waals surface area contributed by atoms with Crippen LogP contribution < -0.4 is 5.56 Å². The summed E-state index contributed by atoms with van der Waals surface area (Å²) in [7, 11) is 0. The highest BCUT2D eigenvalue weighted by atomic mass is 79.9. The lowest BCUT2D eigenvalue weighted by atomic mass is 10.1. The number of aryl methyl sites for hydroxylation is 1. The molecule has 4 heteroatoms. The Balaban J connectivity index is 2.87. The quantitative estimate of drug-likeness (QED) is 0.873.